The van der Waals surface area contributed by atoms with E-state index in [-0.39, 0.29) is 6.04 Å². The van der Waals surface area contributed by atoms with Crippen LogP contribution in [0.1, 0.15) is 18.5 Å². The smallest absolute Gasteiger partial charge is 0.215 e. The van der Waals surface area contributed by atoms with E-state index in [1.807, 2.05) is 41.0 Å². The molecule has 1 aromatic carbocycles. The molecule has 2 aromatic heterocycles. The lowest BCUT2D eigenvalue weighted by Gasteiger charge is -2.14. The molecule has 0 aliphatic carbocycles. The average molecular weight is 320 g/mol. The van der Waals surface area contributed by atoms with Crippen molar-refractivity contribution in [1.82, 2.24) is 14.5 Å². The van der Waals surface area contributed by atoms with Gasteiger partial charge in [0.25, 0.3) is 0 Å². The predicted octanol–water partition coefficient (Wildman–Crippen LogP) is 4.37. The van der Waals surface area contributed by atoms with E-state index in [1.54, 1.807) is 7.11 Å². The number of fused-ring (bicyclic) bond motifs is 1. The fraction of sp³-hybridized carbons (Fsp3) is 0.200. The molecule has 6 heteroatoms. The zero-order valence-electron chi connectivity index (χ0n) is 11.6. The molecule has 0 aliphatic rings. The van der Waals surface area contributed by atoms with Crippen molar-refractivity contribution in [2.45, 2.75) is 13.0 Å². The van der Waals surface area contributed by atoms with Crippen molar-refractivity contribution in [3.63, 3.8) is 0 Å². The van der Waals surface area contributed by atoms with Gasteiger partial charge in [-0.2, -0.15) is 4.98 Å². The van der Waals surface area contributed by atoms with E-state index in [2.05, 4.69) is 16.9 Å². The van der Waals surface area contributed by atoms with E-state index in [0.29, 0.717) is 15.7 Å². The Labute approximate surface area is 132 Å². The third kappa shape index (κ3) is 2.54. The Kier molecular flexibility index (Phi) is 3.69. The number of pyridine rings is 1. The highest BCUT2D eigenvalue weighted by molar-refractivity contribution is 7.71. The minimum atomic E-state index is 0.0446. The van der Waals surface area contributed by atoms with Crippen molar-refractivity contribution in [3.05, 3.63) is 51.8 Å². The number of nitrogens with one attached hydrogen (secondary N) is 1. The fourth-order valence-corrected chi connectivity index (χ4v) is 2.83. The Morgan fingerprint density at radius 2 is 1.95 bits per heavy atom. The molecule has 1 unspecified atom stereocenters. The first-order valence-electron chi connectivity index (χ1n) is 6.51. The molecule has 0 bridgehead atoms. The molecule has 4 nitrogen and oxygen atoms in total. The van der Waals surface area contributed by atoms with Gasteiger partial charge in [0.1, 0.15) is 0 Å². The Morgan fingerprint density at radius 3 is 2.62 bits per heavy atom. The van der Waals surface area contributed by atoms with Crippen LogP contribution in [0.4, 0.5) is 0 Å². The molecule has 1 N–H and O–H groups in total. The number of imidazole rings is 1. The van der Waals surface area contributed by atoms with Crippen LogP contribution < -0.4 is 4.74 Å². The van der Waals surface area contributed by atoms with Crippen LogP contribution in [-0.2, 0) is 0 Å². The van der Waals surface area contributed by atoms with Crippen molar-refractivity contribution < 1.29 is 4.74 Å². The van der Waals surface area contributed by atoms with Gasteiger partial charge in [0.15, 0.2) is 10.4 Å². The first-order valence-corrected chi connectivity index (χ1v) is 7.29. The van der Waals surface area contributed by atoms with E-state index in [1.165, 1.54) is 0 Å². The maximum atomic E-state index is 5.94. The van der Waals surface area contributed by atoms with Crippen LogP contribution in [0.3, 0.4) is 0 Å². The zero-order valence-corrected chi connectivity index (χ0v) is 13.2. The van der Waals surface area contributed by atoms with E-state index in [4.69, 9.17) is 28.6 Å². The standard InChI is InChI=1S/C15H14ClN3OS/c1-9(10-3-5-11(16)6-4-10)19-14-12(17-15(19)21)7-8-13(18-14)20-2/h3-9H,1-2H3,(H,17,21). The third-order valence-corrected chi connectivity index (χ3v) is 4.04. The number of H-pyrrole nitrogens is 1. The molecule has 0 saturated carbocycles. The van der Waals surface area contributed by atoms with Gasteiger partial charge in [-0.3, -0.25) is 4.57 Å². The molecule has 1 atom stereocenters. The van der Waals surface area contributed by atoms with Gasteiger partial charge in [-0.25, -0.2) is 0 Å². The summed E-state index contributed by atoms with van der Waals surface area (Å²) in [7, 11) is 1.60. The molecule has 0 fully saturated rings. The lowest BCUT2D eigenvalue weighted by atomic mass is 10.1. The molecule has 21 heavy (non-hydrogen) atoms. The second-order valence-electron chi connectivity index (χ2n) is 4.75. The van der Waals surface area contributed by atoms with Gasteiger partial charge in [-0.05, 0) is 42.9 Å². The normalized spacial score (nSPS) is 12.5. The summed E-state index contributed by atoms with van der Waals surface area (Å²) in [4.78, 5) is 7.67. The second kappa shape index (κ2) is 5.50. The molecule has 0 radical (unpaired) electrons. The summed E-state index contributed by atoms with van der Waals surface area (Å²) in [6.45, 7) is 2.08. The minimum Gasteiger partial charge on any atom is -0.481 e. The van der Waals surface area contributed by atoms with Crippen molar-refractivity contribution in [2.75, 3.05) is 7.11 Å². The molecule has 3 aromatic rings. The molecule has 0 amide bonds. The lowest BCUT2D eigenvalue weighted by molar-refractivity contribution is 0.398. The van der Waals surface area contributed by atoms with E-state index < -0.39 is 0 Å². The maximum Gasteiger partial charge on any atom is 0.215 e. The van der Waals surface area contributed by atoms with Crippen LogP contribution in [0.2, 0.25) is 5.02 Å². The highest BCUT2D eigenvalue weighted by atomic mass is 35.5. The van der Waals surface area contributed by atoms with Crippen LogP contribution in [0, 0.1) is 4.77 Å². The second-order valence-corrected chi connectivity index (χ2v) is 5.58. The average Bonchev–Trinajstić information content (AvgIpc) is 2.82. The van der Waals surface area contributed by atoms with Gasteiger partial charge in [0.2, 0.25) is 5.88 Å². The van der Waals surface area contributed by atoms with Crippen LogP contribution in [0.15, 0.2) is 36.4 Å². The van der Waals surface area contributed by atoms with Gasteiger partial charge in [0.05, 0.1) is 18.7 Å². The van der Waals surface area contributed by atoms with Gasteiger partial charge in [-0.15, -0.1) is 0 Å². The summed E-state index contributed by atoms with van der Waals surface area (Å²) in [5, 5.41) is 0.716. The molecule has 0 aliphatic heterocycles. The maximum absolute atomic E-state index is 5.94. The highest BCUT2D eigenvalue weighted by Gasteiger charge is 2.14. The van der Waals surface area contributed by atoms with Crippen LogP contribution in [0.5, 0.6) is 5.88 Å². The molecule has 0 spiro atoms. The summed E-state index contributed by atoms with van der Waals surface area (Å²) in [5.74, 6) is 0.563. The minimum absolute atomic E-state index is 0.0446. The van der Waals surface area contributed by atoms with E-state index in [0.717, 1.165) is 16.7 Å². The zero-order chi connectivity index (χ0) is 15.0. The van der Waals surface area contributed by atoms with Crippen molar-refractivity contribution >= 4 is 35.0 Å². The molecule has 2 heterocycles. The Bertz CT molecular complexity index is 838. The summed E-state index contributed by atoms with van der Waals surface area (Å²) >= 11 is 11.4. The summed E-state index contributed by atoms with van der Waals surface area (Å²) in [6.07, 6.45) is 0. The van der Waals surface area contributed by atoms with Gasteiger partial charge in [0, 0.05) is 11.1 Å². The number of rotatable bonds is 3. The summed E-state index contributed by atoms with van der Waals surface area (Å²) in [5.41, 5.74) is 2.78. The number of ether oxygens (including phenoxy) is 1. The van der Waals surface area contributed by atoms with Crippen molar-refractivity contribution in [3.8, 4) is 5.88 Å². The molecule has 0 saturated heterocycles. The molecule has 108 valence electrons. The monoisotopic (exact) mass is 319 g/mol. The Hall–Kier alpha value is -1.85. The molecular weight excluding hydrogens is 306 g/mol. The summed E-state index contributed by atoms with van der Waals surface area (Å²) < 4.78 is 7.81. The number of aromatic nitrogens is 3. The first kappa shape index (κ1) is 14.1. The van der Waals surface area contributed by atoms with Crippen LogP contribution >= 0.6 is 23.8 Å². The number of halogens is 1. The largest absolute Gasteiger partial charge is 0.481 e. The number of aromatic amines is 1. The van der Waals surface area contributed by atoms with Gasteiger partial charge >= 0.3 is 0 Å². The molecule has 3 rings (SSSR count). The van der Waals surface area contributed by atoms with Gasteiger partial charge in [-0.1, -0.05) is 23.7 Å². The number of benzene rings is 1. The Morgan fingerprint density at radius 1 is 1.24 bits per heavy atom. The predicted molar refractivity (Wildman–Crippen MR) is 86.7 cm³/mol. The van der Waals surface area contributed by atoms with Crippen molar-refractivity contribution in [1.29, 1.82) is 0 Å². The van der Waals surface area contributed by atoms with Crippen LogP contribution in [0.25, 0.3) is 11.2 Å². The van der Waals surface area contributed by atoms with Crippen molar-refractivity contribution in [2.24, 2.45) is 0 Å². The number of hydrogen-bond acceptors (Lipinski definition) is 3. The number of methoxy groups -OCH3 is 1. The number of hydrogen-bond donors (Lipinski definition) is 1. The SMILES string of the molecule is COc1ccc2[nH]c(=S)n(C(C)c3ccc(Cl)cc3)c2n1. The lowest BCUT2D eigenvalue weighted by Crippen LogP contribution is -2.07. The highest BCUT2D eigenvalue weighted by Crippen LogP contribution is 2.25. The number of nitrogens with zero attached hydrogens (tertiary/aromatic N) is 2. The topological polar surface area (TPSA) is 42.8 Å². The first-order chi connectivity index (χ1) is 10.1. The van der Waals surface area contributed by atoms with Gasteiger partial charge < -0.3 is 9.72 Å². The van der Waals surface area contributed by atoms with E-state index >= 15 is 0 Å². The fourth-order valence-electron chi connectivity index (χ4n) is 2.35. The molecular formula is C15H14ClN3OS. The Balaban J connectivity index is 2.16. The third-order valence-electron chi connectivity index (χ3n) is 3.49. The summed E-state index contributed by atoms with van der Waals surface area (Å²) in [6, 6.07) is 11.5. The van der Waals surface area contributed by atoms with E-state index in [9.17, 15) is 0 Å². The van der Waals surface area contributed by atoms with Crippen LogP contribution in [-0.4, -0.2) is 21.6 Å². The quantitative estimate of drug-likeness (QED) is 0.729.